The van der Waals surface area contributed by atoms with Crippen molar-refractivity contribution in [3.05, 3.63) is 0 Å². The Morgan fingerprint density at radius 3 is 2.16 bits per heavy atom. The first kappa shape index (κ1) is 16.5. The van der Waals surface area contributed by atoms with Gasteiger partial charge in [-0.15, -0.1) is 0 Å². The molecule has 1 rings (SSSR count). The van der Waals surface area contributed by atoms with Crippen LogP contribution in [0.4, 0.5) is 0 Å². The number of carboxylic acids is 1. The molecule has 19 heavy (non-hydrogen) atoms. The summed E-state index contributed by atoms with van der Waals surface area (Å²) in [6, 6.07) is 0. The second-order valence-corrected chi connectivity index (χ2v) is 6.12. The summed E-state index contributed by atoms with van der Waals surface area (Å²) in [5, 5.41) is 8.92. The van der Waals surface area contributed by atoms with Gasteiger partial charge in [-0.25, -0.2) is 0 Å². The average Bonchev–Trinajstić information content (AvgIpc) is 2.33. The lowest BCUT2D eigenvalue weighted by atomic mass is 9.87. The number of nitrogens with zero attached hydrogens (tertiary/aromatic N) is 1. The molecule has 0 radical (unpaired) electrons. The lowest BCUT2D eigenvalue weighted by Crippen LogP contribution is -2.51. The van der Waals surface area contributed by atoms with Gasteiger partial charge in [0.05, 0.1) is 5.92 Å². The number of likely N-dealkylation sites (tertiary alicyclic amines) is 1. The molecule has 0 aromatic rings. The maximum absolute atomic E-state index is 10.8. The molecule has 1 aliphatic rings. The van der Waals surface area contributed by atoms with Gasteiger partial charge in [0, 0.05) is 13.1 Å². The van der Waals surface area contributed by atoms with E-state index in [1.54, 1.807) is 0 Å². The van der Waals surface area contributed by atoms with E-state index < -0.39 is 5.97 Å². The minimum absolute atomic E-state index is 0.171. The molecule has 1 unspecified atom stereocenters. The lowest BCUT2D eigenvalue weighted by molar-refractivity contribution is -0.145. The van der Waals surface area contributed by atoms with E-state index in [1.807, 2.05) is 6.92 Å². The van der Waals surface area contributed by atoms with Gasteiger partial charge in [0.25, 0.3) is 0 Å². The molecule has 1 heterocycles. The number of unbranched alkanes of at least 4 members (excludes halogenated alkanes) is 7. The van der Waals surface area contributed by atoms with Crippen LogP contribution in [0, 0.1) is 11.8 Å². The van der Waals surface area contributed by atoms with Gasteiger partial charge in [-0.3, -0.25) is 4.79 Å². The van der Waals surface area contributed by atoms with Gasteiger partial charge in [-0.05, 0) is 18.9 Å². The minimum Gasteiger partial charge on any atom is -0.481 e. The van der Waals surface area contributed by atoms with Gasteiger partial charge in [0.2, 0.25) is 0 Å². The van der Waals surface area contributed by atoms with E-state index in [9.17, 15) is 4.79 Å². The Balaban J connectivity index is 1.86. The monoisotopic (exact) mass is 269 g/mol. The van der Waals surface area contributed by atoms with Crippen LogP contribution in [0.15, 0.2) is 0 Å². The van der Waals surface area contributed by atoms with Gasteiger partial charge in [0.1, 0.15) is 0 Å². The van der Waals surface area contributed by atoms with Crippen molar-refractivity contribution in [3.8, 4) is 0 Å². The highest BCUT2D eigenvalue weighted by Crippen LogP contribution is 2.24. The molecule has 112 valence electrons. The smallest absolute Gasteiger partial charge is 0.306 e. The van der Waals surface area contributed by atoms with Crippen molar-refractivity contribution < 1.29 is 9.90 Å². The lowest BCUT2D eigenvalue weighted by Gasteiger charge is -2.41. The SMILES string of the molecule is CCCCCCCCCCN1CC(C(C)C(=O)O)C1. The standard InChI is InChI=1S/C16H31NO2/c1-3-4-5-6-7-8-9-10-11-17-12-15(13-17)14(2)16(18)19/h14-15H,3-13H2,1-2H3,(H,18,19). The van der Waals surface area contributed by atoms with E-state index in [-0.39, 0.29) is 5.92 Å². The molecule has 0 saturated carbocycles. The van der Waals surface area contributed by atoms with Crippen LogP contribution in [-0.4, -0.2) is 35.6 Å². The molecule has 1 N–H and O–H groups in total. The molecule has 0 amide bonds. The predicted octanol–water partition coefficient (Wildman–Crippen LogP) is 3.78. The molecule has 1 fully saturated rings. The quantitative estimate of drug-likeness (QED) is 0.580. The Hall–Kier alpha value is -0.570. The molecule has 0 aromatic carbocycles. The largest absolute Gasteiger partial charge is 0.481 e. The van der Waals surface area contributed by atoms with Crippen molar-refractivity contribution in [1.29, 1.82) is 0 Å². The van der Waals surface area contributed by atoms with Gasteiger partial charge in [-0.2, -0.15) is 0 Å². The van der Waals surface area contributed by atoms with Crippen LogP contribution in [0.2, 0.25) is 0 Å². The molecular formula is C16H31NO2. The van der Waals surface area contributed by atoms with Crippen molar-refractivity contribution in [2.24, 2.45) is 11.8 Å². The van der Waals surface area contributed by atoms with Crippen molar-refractivity contribution in [2.45, 2.75) is 65.2 Å². The van der Waals surface area contributed by atoms with Crippen LogP contribution in [0.3, 0.4) is 0 Å². The van der Waals surface area contributed by atoms with E-state index in [1.165, 1.54) is 51.4 Å². The molecule has 0 bridgehead atoms. The van der Waals surface area contributed by atoms with Crippen molar-refractivity contribution in [1.82, 2.24) is 4.90 Å². The summed E-state index contributed by atoms with van der Waals surface area (Å²) in [5.74, 6) is -0.432. The highest BCUT2D eigenvalue weighted by Gasteiger charge is 2.33. The van der Waals surface area contributed by atoms with E-state index in [0.29, 0.717) is 5.92 Å². The number of carbonyl (C=O) groups is 1. The predicted molar refractivity (Wildman–Crippen MR) is 79.3 cm³/mol. The zero-order valence-corrected chi connectivity index (χ0v) is 12.7. The summed E-state index contributed by atoms with van der Waals surface area (Å²) in [5.41, 5.74) is 0. The van der Waals surface area contributed by atoms with Gasteiger partial charge >= 0.3 is 5.97 Å². The zero-order chi connectivity index (χ0) is 14.1. The Labute approximate surface area is 118 Å². The van der Waals surface area contributed by atoms with E-state index in [4.69, 9.17) is 5.11 Å². The molecular weight excluding hydrogens is 238 g/mol. The molecule has 0 aromatic heterocycles. The van der Waals surface area contributed by atoms with E-state index >= 15 is 0 Å². The average molecular weight is 269 g/mol. The Morgan fingerprint density at radius 1 is 1.11 bits per heavy atom. The number of aliphatic carboxylic acids is 1. The number of carboxylic acid groups (broad SMARTS) is 1. The number of hydrogen-bond acceptors (Lipinski definition) is 2. The third kappa shape index (κ3) is 6.42. The van der Waals surface area contributed by atoms with Gasteiger partial charge in [0.15, 0.2) is 0 Å². The summed E-state index contributed by atoms with van der Waals surface area (Å²) < 4.78 is 0. The van der Waals surface area contributed by atoms with Crippen LogP contribution in [0.1, 0.15) is 65.2 Å². The van der Waals surface area contributed by atoms with E-state index in [0.717, 1.165) is 19.6 Å². The first-order chi connectivity index (χ1) is 9.15. The Bertz CT molecular complexity index is 249. The van der Waals surface area contributed by atoms with Crippen LogP contribution in [0.5, 0.6) is 0 Å². The van der Waals surface area contributed by atoms with Crippen LogP contribution in [0.25, 0.3) is 0 Å². The molecule has 1 atom stereocenters. The van der Waals surface area contributed by atoms with Crippen molar-refractivity contribution in [2.75, 3.05) is 19.6 Å². The zero-order valence-electron chi connectivity index (χ0n) is 12.7. The molecule has 3 nitrogen and oxygen atoms in total. The first-order valence-electron chi connectivity index (χ1n) is 8.10. The second kappa shape index (κ2) is 9.35. The summed E-state index contributed by atoms with van der Waals surface area (Å²) >= 11 is 0. The van der Waals surface area contributed by atoms with Gasteiger partial charge in [-0.1, -0.05) is 58.8 Å². The van der Waals surface area contributed by atoms with Crippen LogP contribution < -0.4 is 0 Å². The second-order valence-electron chi connectivity index (χ2n) is 6.12. The van der Waals surface area contributed by atoms with Crippen molar-refractivity contribution in [3.63, 3.8) is 0 Å². The van der Waals surface area contributed by atoms with Gasteiger partial charge < -0.3 is 10.0 Å². The molecule has 1 aliphatic heterocycles. The third-order valence-electron chi connectivity index (χ3n) is 4.41. The minimum atomic E-state index is -0.642. The molecule has 0 spiro atoms. The number of rotatable bonds is 11. The maximum atomic E-state index is 10.8. The fourth-order valence-electron chi connectivity index (χ4n) is 2.78. The first-order valence-corrected chi connectivity index (χ1v) is 8.10. The van der Waals surface area contributed by atoms with Crippen LogP contribution >= 0.6 is 0 Å². The normalized spacial score (nSPS) is 18.2. The van der Waals surface area contributed by atoms with E-state index in [2.05, 4.69) is 11.8 Å². The van der Waals surface area contributed by atoms with Crippen molar-refractivity contribution >= 4 is 5.97 Å². The third-order valence-corrected chi connectivity index (χ3v) is 4.41. The Morgan fingerprint density at radius 2 is 1.63 bits per heavy atom. The number of hydrogen-bond donors (Lipinski definition) is 1. The summed E-state index contributed by atoms with van der Waals surface area (Å²) in [7, 11) is 0. The highest BCUT2D eigenvalue weighted by atomic mass is 16.4. The summed E-state index contributed by atoms with van der Waals surface area (Å²) in [6.07, 6.45) is 10.9. The molecule has 3 heteroatoms. The molecule has 1 saturated heterocycles. The summed E-state index contributed by atoms with van der Waals surface area (Å²) in [4.78, 5) is 13.2. The topological polar surface area (TPSA) is 40.5 Å². The highest BCUT2D eigenvalue weighted by molar-refractivity contribution is 5.70. The Kier molecular flexibility index (Phi) is 8.11. The fourth-order valence-corrected chi connectivity index (χ4v) is 2.78. The summed E-state index contributed by atoms with van der Waals surface area (Å²) in [6.45, 7) is 7.23. The molecule has 0 aliphatic carbocycles. The maximum Gasteiger partial charge on any atom is 0.306 e. The fraction of sp³-hybridized carbons (Fsp3) is 0.938. The van der Waals surface area contributed by atoms with Crippen LogP contribution in [-0.2, 0) is 4.79 Å².